The Morgan fingerprint density at radius 1 is 1.10 bits per heavy atom. The minimum atomic E-state index is 0.239. The summed E-state index contributed by atoms with van der Waals surface area (Å²) in [5.74, 6) is 0.972. The monoisotopic (exact) mass is 341 g/mol. The summed E-state index contributed by atoms with van der Waals surface area (Å²) in [5, 5.41) is 3.51. The smallest absolute Gasteiger partial charge is 0.119 e. The molecule has 1 aromatic carbocycles. The van der Waals surface area contributed by atoms with E-state index in [0.717, 1.165) is 29.8 Å². The Morgan fingerprint density at radius 3 is 2.45 bits per heavy atom. The van der Waals surface area contributed by atoms with Gasteiger partial charge in [-0.3, -0.25) is 0 Å². The van der Waals surface area contributed by atoms with Gasteiger partial charge in [0, 0.05) is 10.0 Å². The van der Waals surface area contributed by atoms with Crippen molar-refractivity contribution in [2.75, 3.05) is 13.2 Å². The normalized spacial score (nSPS) is 11.7. The molecule has 20 heavy (non-hydrogen) atoms. The second kappa shape index (κ2) is 8.68. The molecule has 0 unspecified atom stereocenters. The van der Waals surface area contributed by atoms with Crippen LogP contribution in [-0.4, -0.2) is 18.7 Å². The lowest BCUT2D eigenvalue weighted by molar-refractivity contribution is 0.303. The zero-order chi connectivity index (χ0) is 15.0. The summed E-state index contributed by atoms with van der Waals surface area (Å²) in [7, 11) is 0. The molecule has 3 heteroatoms. The molecule has 0 heterocycles. The van der Waals surface area contributed by atoms with Crippen LogP contribution in [0.15, 0.2) is 22.7 Å². The minimum Gasteiger partial charge on any atom is -0.494 e. The fraction of sp³-hybridized carbons (Fsp3) is 0.647. The number of hydrogen-bond donors (Lipinski definition) is 1. The lowest BCUT2D eigenvalue weighted by Crippen LogP contribution is -2.36. The van der Waals surface area contributed by atoms with Gasteiger partial charge in [0.15, 0.2) is 0 Å². The Morgan fingerprint density at radius 2 is 1.80 bits per heavy atom. The quantitative estimate of drug-likeness (QED) is 0.665. The minimum absolute atomic E-state index is 0.239. The molecule has 0 saturated carbocycles. The number of benzene rings is 1. The van der Waals surface area contributed by atoms with Gasteiger partial charge < -0.3 is 10.1 Å². The molecule has 2 nitrogen and oxygen atoms in total. The van der Waals surface area contributed by atoms with E-state index in [2.05, 4.69) is 55.0 Å². The molecular formula is C17H28BrNO. The summed E-state index contributed by atoms with van der Waals surface area (Å²) < 4.78 is 6.90. The Balaban J connectivity index is 2.03. The highest BCUT2D eigenvalue weighted by molar-refractivity contribution is 9.10. The SMILES string of the molecule is Cc1cc(OCCCCCCNC(C)(C)C)ccc1Br. The molecule has 1 rings (SSSR count). The van der Waals surface area contributed by atoms with Crippen LogP contribution in [0.25, 0.3) is 0 Å². The third-order valence-corrected chi connectivity index (χ3v) is 4.01. The van der Waals surface area contributed by atoms with Crippen LogP contribution in [0.3, 0.4) is 0 Å². The number of unbranched alkanes of at least 4 members (excludes halogenated alkanes) is 3. The van der Waals surface area contributed by atoms with Crippen molar-refractivity contribution in [1.29, 1.82) is 0 Å². The van der Waals surface area contributed by atoms with E-state index in [-0.39, 0.29) is 5.54 Å². The Kier molecular flexibility index (Phi) is 7.60. The Hall–Kier alpha value is -0.540. The number of ether oxygens (including phenoxy) is 1. The van der Waals surface area contributed by atoms with Crippen LogP contribution in [0, 0.1) is 6.92 Å². The average molecular weight is 342 g/mol. The number of hydrogen-bond acceptors (Lipinski definition) is 2. The lowest BCUT2D eigenvalue weighted by atomic mass is 10.1. The van der Waals surface area contributed by atoms with Crippen LogP contribution in [0.1, 0.15) is 52.0 Å². The molecule has 0 aliphatic rings. The van der Waals surface area contributed by atoms with Gasteiger partial charge >= 0.3 is 0 Å². The fourth-order valence-corrected chi connectivity index (χ4v) is 2.19. The maximum atomic E-state index is 5.77. The maximum absolute atomic E-state index is 5.77. The van der Waals surface area contributed by atoms with Gasteiger partial charge in [0.25, 0.3) is 0 Å². The van der Waals surface area contributed by atoms with Crippen LogP contribution in [0.5, 0.6) is 5.75 Å². The molecular weight excluding hydrogens is 314 g/mol. The fourth-order valence-electron chi connectivity index (χ4n) is 1.94. The van der Waals surface area contributed by atoms with Gasteiger partial charge in [0.05, 0.1) is 6.61 Å². The molecule has 0 radical (unpaired) electrons. The first-order chi connectivity index (χ1) is 9.38. The summed E-state index contributed by atoms with van der Waals surface area (Å²) in [5.41, 5.74) is 1.46. The zero-order valence-corrected chi connectivity index (χ0v) is 14.8. The summed E-state index contributed by atoms with van der Waals surface area (Å²) in [6, 6.07) is 6.14. The van der Waals surface area contributed by atoms with Crippen molar-refractivity contribution < 1.29 is 4.74 Å². The number of rotatable bonds is 8. The van der Waals surface area contributed by atoms with E-state index in [4.69, 9.17) is 4.74 Å². The predicted octanol–water partition coefficient (Wildman–Crippen LogP) is 5.08. The molecule has 0 aliphatic carbocycles. The van der Waals surface area contributed by atoms with Gasteiger partial charge in [-0.25, -0.2) is 0 Å². The molecule has 0 atom stereocenters. The van der Waals surface area contributed by atoms with Crippen molar-refractivity contribution >= 4 is 15.9 Å². The molecule has 0 spiro atoms. The van der Waals surface area contributed by atoms with Crippen LogP contribution in [-0.2, 0) is 0 Å². The highest BCUT2D eigenvalue weighted by atomic mass is 79.9. The van der Waals surface area contributed by atoms with Crippen molar-refractivity contribution in [1.82, 2.24) is 5.32 Å². The topological polar surface area (TPSA) is 21.3 Å². The van der Waals surface area contributed by atoms with E-state index in [9.17, 15) is 0 Å². The highest BCUT2D eigenvalue weighted by Gasteiger charge is 2.06. The average Bonchev–Trinajstić information content (AvgIpc) is 2.35. The molecule has 0 aromatic heterocycles. The first-order valence-electron chi connectivity index (χ1n) is 7.52. The standard InChI is InChI=1S/C17H28BrNO/c1-14-13-15(9-10-16(14)18)20-12-8-6-5-7-11-19-17(2,3)4/h9-10,13,19H,5-8,11-12H2,1-4H3. The largest absolute Gasteiger partial charge is 0.494 e. The third-order valence-electron chi connectivity index (χ3n) is 3.12. The Labute approximate surface area is 132 Å². The number of nitrogens with one attached hydrogen (secondary N) is 1. The lowest BCUT2D eigenvalue weighted by Gasteiger charge is -2.20. The van der Waals surface area contributed by atoms with Gasteiger partial charge in [-0.1, -0.05) is 28.8 Å². The van der Waals surface area contributed by atoms with Gasteiger partial charge in [-0.15, -0.1) is 0 Å². The number of aryl methyl sites for hydroxylation is 1. The highest BCUT2D eigenvalue weighted by Crippen LogP contribution is 2.21. The van der Waals surface area contributed by atoms with Crippen molar-refractivity contribution in [3.63, 3.8) is 0 Å². The molecule has 0 bridgehead atoms. The van der Waals surface area contributed by atoms with Gasteiger partial charge in [0.2, 0.25) is 0 Å². The third kappa shape index (κ3) is 7.91. The first kappa shape index (κ1) is 17.5. The van der Waals surface area contributed by atoms with Crippen molar-refractivity contribution in [3.05, 3.63) is 28.2 Å². The predicted molar refractivity (Wildman–Crippen MR) is 90.6 cm³/mol. The Bertz CT molecular complexity index is 398. The van der Waals surface area contributed by atoms with Crippen LogP contribution < -0.4 is 10.1 Å². The maximum Gasteiger partial charge on any atom is 0.119 e. The summed E-state index contributed by atoms with van der Waals surface area (Å²) in [6.07, 6.45) is 4.88. The van der Waals surface area contributed by atoms with Gasteiger partial charge in [-0.05, 0) is 70.8 Å². The van der Waals surface area contributed by atoms with E-state index in [1.54, 1.807) is 0 Å². The molecule has 0 fully saturated rings. The first-order valence-corrected chi connectivity index (χ1v) is 8.32. The van der Waals surface area contributed by atoms with E-state index in [1.165, 1.54) is 24.8 Å². The second-order valence-electron chi connectivity index (χ2n) is 6.35. The van der Waals surface area contributed by atoms with Crippen LogP contribution in [0.2, 0.25) is 0 Å². The van der Waals surface area contributed by atoms with Crippen molar-refractivity contribution in [2.45, 2.75) is 58.9 Å². The van der Waals surface area contributed by atoms with E-state index >= 15 is 0 Å². The van der Waals surface area contributed by atoms with Gasteiger partial charge in [-0.2, -0.15) is 0 Å². The van der Waals surface area contributed by atoms with Gasteiger partial charge in [0.1, 0.15) is 5.75 Å². The molecule has 0 aliphatic heterocycles. The zero-order valence-electron chi connectivity index (χ0n) is 13.3. The molecule has 1 aromatic rings. The number of halogens is 1. The van der Waals surface area contributed by atoms with Crippen LogP contribution >= 0.6 is 15.9 Å². The second-order valence-corrected chi connectivity index (χ2v) is 7.20. The molecule has 0 saturated heterocycles. The molecule has 1 N–H and O–H groups in total. The van der Waals surface area contributed by atoms with Crippen LogP contribution in [0.4, 0.5) is 0 Å². The van der Waals surface area contributed by atoms with E-state index in [1.807, 2.05) is 12.1 Å². The van der Waals surface area contributed by atoms with E-state index in [0.29, 0.717) is 0 Å². The van der Waals surface area contributed by atoms with Crippen molar-refractivity contribution in [3.8, 4) is 5.75 Å². The summed E-state index contributed by atoms with van der Waals surface area (Å²) >= 11 is 3.50. The summed E-state index contributed by atoms with van der Waals surface area (Å²) in [4.78, 5) is 0. The van der Waals surface area contributed by atoms with Crippen molar-refractivity contribution in [2.24, 2.45) is 0 Å². The molecule has 0 amide bonds. The molecule has 114 valence electrons. The summed E-state index contributed by atoms with van der Waals surface area (Å²) in [6.45, 7) is 10.6. The van der Waals surface area contributed by atoms with E-state index < -0.39 is 0 Å².